The number of nitrogens with zero attached hydrogens (tertiary/aromatic N) is 2. The van der Waals surface area contributed by atoms with Gasteiger partial charge < -0.3 is 15.4 Å². The summed E-state index contributed by atoms with van der Waals surface area (Å²) in [5, 5.41) is 5.29. The normalized spacial score (nSPS) is 16.8. The fourth-order valence-corrected chi connectivity index (χ4v) is 5.61. The predicted molar refractivity (Wildman–Crippen MR) is 142 cm³/mol. The molecule has 2 aliphatic heterocycles. The summed E-state index contributed by atoms with van der Waals surface area (Å²) in [4.78, 5) is 40.0. The van der Waals surface area contributed by atoms with Gasteiger partial charge in [-0.2, -0.15) is 13.2 Å². The van der Waals surface area contributed by atoms with Crippen LogP contribution in [0.5, 0.6) is 0 Å². The number of rotatable bonds is 5. The summed E-state index contributed by atoms with van der Waals surface area (Å²) in [6.45, 7) is 1.07. The smallest absolute Gasteiger partial charge is 0.381 e. The second-order valence-corrected chi connectivity index (χ2v) is 10.6. The molecule has 42 heavy (non-hydrogen) atoms. The van der Waals surface area contributed by atoms with Gasteiger partial charge in [0, 0.05) is 46.9 Å². The Bertz CT molecular complexity index is 1860. The monoisotopic (exact) mass is 606 g/mol. The highest BCUT2D eigenvalue weighted by Crippen LogP contribution is 2.43. The minimum Gasteiger partial charge on any atom is -0.381 e. The number of fused-ring (bicyclic) bond motifs is 3. The summed E-state index contributed by atoms with van der Waals surface area (Å²) in [6, 6.07) is 5.21. The molecule has 4 aromatic rings. The Morgan fingerprint density at radius 2 is 1.83 bits per heavy atom. The zero-order valence-electron chi connectivity index (χ0n) is 21.6. The van der Waals surface area contributed by atoms with E-state index in [9.17, 15) is 36.3 Å². The number of ether oxygens (including phenoxy) is 1. The van der Waals surface area contributed by atoms with E-state index in [0.29, 0.717) is 25.3 Å². The van der Waals surface area contributed by atoms with Gasteiger partial charge in [-0.15, -0.1) is 0 Å². The molecule has 1 saturated heterocycles. The van der Waals surface area contributed by atoms with Crippen LogP contribution in [0, 0.1) is 17.6 Å². The second kappa shape index (κ2) is 9.95. The van der Waals surface area contributed by atoms with Crippen molar-refractivity contribution in [3.8, 4) is 0 Å². The van der Waals surface area contributed by atoms with Crippen molar-refractivity contribution in [1.29, 1.82) is 0 Å². The molecular formula is C28H20ClF5N4O4. The van der Waals surface area contributed by atoms with Crippen LogP contribution in [0.15, 0.2) is 47.3 Å². The summed E-state index contributed by atoms with van der Waals surface area (Å²) in [7, 11) is 1.47. The second-order valence-electron chi connectivity index (χ2n) is 10.2. The van der Waals surface area contributed by atoms with Gasteiger partial charge in [0.05, 0.1) is 41.4 Å². The molecule has 0 spiro atoms. The minimum absolute atomic E-state index is 0.00781. The van der Waals surface area contributed by atoms with E-state index in [1.54, 1.807) is 0 Å². The topological polar surface area (TPSA) is 94.4 Å². The van der Waals surface area contributed by atoms with Gasteiger partial charge in [-0.1, -0.05) is 11.6 Å². The number of aromatic nitrogens is 2. The van der Waals surface area contributed by atoms with Crippen molar-refractivity contribution in [2.45, 2.75) is 18.8 Å². The predicted octanol–water partition coefficient (Wildman–Crippen LogP) is 5.02. The molecule has 8 nitrogen and oxygen atoms in total. The summed E-state index contributed by atoms with van der Waals surface area (Å²) in [6.07, 6.45) is -4.92. The first-order chi connectivity index (χ1) is 19.8. The molecule has 14 heteroatoms. The number of halogens is 6. The molecule has 3 aromatic carbocycles. The zero-order chi connectivity index (χ0) is 30.1. The van der Waals surface area contributed by atoms with E-state index in [4.69, 9.17) is 16.3 Å². The number of nitrogens with one attached hydrogen (secondary N) is 2. The van der Waals surface area contributed by atoms with Crippen molar-refractivity contribution in [1.82, 2.24) is 14.5 Å². The van der Waals surface area contributed by atoms with Crippen molar-refractivity contribution in [2.75, 3.05) is 18.5 Å². The maximum Gasteiger partial charge on any atom is 0.416 e. The molecule has 218 valence electrons. The molecule has 2 N–H and O–H groups in total. The highest BCUT2D eigenvalue weighted by atomic mass is 35.5. The number of hydrogen-bond acceptors (Lipinski definition) is 4. The number of anilines is 1. The molecule has 1 unspecified atom stereocenters. The number of hydrogen-bond donors (Lipinski definition) is 2. The number of carbonyl (C=O) groups excluding carboxylic acids is 2. The number of amides is 2. The van der Waals surface area contributed by atoms with Crippen LogP contribution in [0.25, 0.3) is 11.0 Å². The van der Waals surface area contributed by atoms with E-state index in [1.807, 2.05) is 0 Å². The molecule has 6 rings (SSSR count). The van der Waals surface area contributed by atoms with Crippen molar-refractivity contribution in [3.05, 3.63) is 97.4 Å². The number of carbonyl (C=O) groups is 2. The summed E-state index contributed by atoms with van der Waals surface area (Å²) >= 11 is 6.36. The molecule has 0 radical (unpaired) electrons. The first-order valence-electron chi connectivity index (χ1n) is 12.6. The van der Waals surface area contributed by atoms with E-state index in [-0.39, 0.29) is 57.0 Å². The number of imidazole rings is 1. The van der Waals surface area contributed by atoms with E-state index >= 15 is 0 Å². The SMILES string of the molecule is Cn1c(=O)n(CC2COC2)c2cc(NC(=O)c3cc(F)cc(C(F)(F)F)c3)c3c(c21)C(=O)NC3c1cc(F)ccc1Cl. The van der Waals surface area contributed by atoms with E-state index in [0.717, 1.165) is 12.1 Å². The molecule has 3 heterocycles. The number of aryl methyl sites for hydroxylation is 1. The van der Waals surface area contributed by atoms with Crippen molar-refractivity contribution >= 4 is 40.1 Å². The van der Waals surface area contributed by atoms with Crippen LogP contribution in [0.1, 0.15) is 43.4 Å². The highest BCUT2D eigenvalue weighted by Gasteiger charge is 2.39. The van der Waals surface area contributed by atoms with E-state index < -0.39 is 52.5 Å². The molecular weight excluding hydrogens is 587 g/mol. The third-order valence-electron chi connectivity index (χ3n) is 7.41. The van der Waals surface area contributed by atoms with Crippen molar-refractivity contribution in [2.24, 2.45) is 13.0 Å². The van der Waals surface area contributed by atoms with Crippen LogP contribution in [-0.2, 0) is 24.5 Å². The Labute approximate surface area is 238 Å². The number of benzene rings is 3. The molecule has 1 atom stereocenters. The first kappa shape index (κ1) is 27.9. The first-order valence-corrected chi connectivity index (χ1v) is 13.0. The van der Waals surface area contributed by atoms with Gasteiger partial charge in [-0.3, -0.25) is 18.7 Å². The van der Waals surface area contributed by atoms with Crippen molar-refractivity contribution < 1.29 is 36.3 Å². The lowest BCUT2D eigenvalue weighted by molar-refractivity contribution is -0.137. The molecule has 2 aliphatic rings. The average molecular weight is 607 g/mol. The Balaban J connectivity index is 1.57. The van der Waals surface area contributed by atoms with Crippen LogP contribution in [0.3, 0.4) is 0 Å². The molecule has 1 aromatic heterocycles. The lowest BCUT2D eigenvalue weighted by atomic mass is 9.94. The third kappa shape index (κ3) is 4.62. The third-order valence-corrected chi connectivity index (χ3v) is 7.75. The number of alkyl halides is 3. The molecule has 2 amide bonds. The quantitative estimate of drug-likeness (QED) is 0.312. The van der Waals surface area contributed by atoms with Gasteiger partial charge in [0.2, 0.25) is 0 Å². The summed E-state index contributed by atoms with van der Waals surface area (Å²) < 4.78 is 76.3. The van der Waals surface area contributed by atoms with E-state index in [1.165, 1.54) is 28.3 Å². The van der Waals surface area contributed by atoms with Gasteiger partial charge in [0.25, 0.3) is 11.8 Å². The molecule has 0 saturated carbocycles. The summed E-state index contributed by atoms with van der Waals surface area (Å²) in [5.41, 5.74) is -1.78. The zero-order valence-corrected chi connectivity index (χ0v) is 22.4. The van der Waals surface area contributed by atoms with Crippen molar-refractivity contribution in [3.63, 3.8) is 0 Å². The van der Waals surface area contributed by atoms with Gasteiger partial charge in [0.1, 0.15) is 11.6 Å². The van der Waals surface area contributed by atoms with Gasteiger partial charge >= 0.3 is 11.9 Å². The molecule has 1 fully saturated rings. The molecule has 0 bridgehead atoms. The van der Waals surface area contributed by atoms with Gasteiger partial charge in [-0.25, -0.2) is 13.6 Å². The highest BCUT2D eigenvalue weighted by molar-refractivity contribution is 6.31. The van der Waals surface area contributed by atoms with Crippen LogP contribution >= 0.6 is 11.6 Å². The van der Waals surface area contributed by atoms with E-state index in [2.05, 4.69) is 10.6 Å². The average Bonchev–Trinajstić information content (AvgIpc) is 3.35. The van der Waals surface area contributed by atoms with Crippen LogP contribution in [0.2, 0.25) is 5.02 Å². The van der Waals surface area contributed by atoms with Crippen LogP contribution < -0.4 is 16.3 Å². The minimum atomic E-state index is -4.92. The largest absolute Gasteiger partial charge is 0.416 e. The summed E-state index contributed by atoms with van der Waals surface area (Å²) in [5.74, 6) is -3.69. The Morgan fingerprint density at radius 1 is 1.10 bits per heavy atom. The lowest BCUT2D eigenvalue weighted by Gasteiger charge is -2.26. The standard InChI is InChI=1S/C28H20ClF5N4O4/c1-37-24-20(38(27(37)41)9-12-10-42-11-12)8-19(35-25(39)13-4-14(28(32,33)34)6-16(31)5-13)21-22(24)26(40)36-23(21)17-7-15(30)2-3-18(17)29/h2-8,12,23H,9-11H2,1H3,(H,35,39)(H,36,40). The fourth-order valence-electron chi connectivity index (χ4n) is 5.38. The lowest BCUT2D eigenvalue weighted by Crippen LogP contribution is -2.35. The fraction of sp³-hybridized carbons (Fsp3) is 0.250. The van der Waals surface area contributed by atoms with Gasteiger partial charge in [0.15, 0.2) is 0 Å². The maximum absolute atomic E-state index is 14.3. The van der Waals surface area contributed by atoms with Crippen LogP contribution in [0.4, 0.5) is 27.6 Å². The molecule has 0 aliphatic carbocycles. The van der Waals surface area contributed by atoms with Crippen LogP contribution in [-0.4, -0.2) is 34.2 Å². The Kier molecular flexibility index (Phi) is 6.61. The maximum atomic E-state index is 14.3. The Morgan fingerprint density at radius 3 is 2.50 bits per heavy atom. The van der Waals surface area contributed by atoms with Gasteiger partial charge in [-0.05, 0) is 42.5 Å². The Hall–Kier alpha value is -4.23.